The van der Waals surface area contributed by atoms with E-state index in [1.165, 1.54) is 0 Å². The first-order valence-corrected chi connectivity index (χ1v) is 6.37. The van der Waals surface area contributed by atoms with Crippen molar-refractivity contribution in [2.24, 2.45) is 5.92 Å². The Morgan fingerprint density at radius 3 is 2.88 bits per heavy atom. The van der Waals surface area contributed by atoms with Crippen molar-refractivity contribution >= 4 is 5.91 Å². The summed E-state index contributed by atoms with van der Waals surface area (Å²) in [5.74, 6) is 1.41. The van der Waals surface area contributed by atoms with Gasteiger partial charge in [-0.05, 0) is 31.7 Å². The van der Waals surface area contributed by atoms with Gasteiger partial charge in [-0.25, -0.2) is 0 Å². The molecule has 1 aromatic carbocycles. The number of carbonyl (C=O) groups excluding carboxylic acids is 1. The maximum atomic E-state index is 11.8. The zero-order valence-electron chi connectivity index (χ0n) is 9.82. The van der Waals surface area contributed by atoms with Crippen LogP contribution >= 0.6 is 0 Å². The highest BCUT2D eigenvalue weighted by atomic mass is 16.5. The van der Waals surface area contributed by atoms with Crippen molar-refractivity contribution in [2.45, 2.75) is 31.7 Å². The van der Waals surface area contributed by atoms with Crippen LogP contribution in [-0.2, 0) is 4.79 Å². The predicted octanol–water partition coefficient (Wildman–Crippen LogP) is 2.43. The maximum absolute atomic E-state index is 11.8. The number of ether oxygens (including phenoxy) is 1. The average Bonchev–Trinajstić information content (AvgIpc) is 3.16. The molecule has 0 aromatic heterocycles. The second-order valence-corrected chi connectivity index (χ2v) is 4.86. The van der Waals surface area contributed by atoms with Crippen LogP contribution in [0.1, 0.15) is 37.3 Å². The Balaban J connectivity index is 1.80. The first-order valence-electron chi connectivity index (χ1n) is 6.37. The lowest BCUT2D eigenvalue weighted by atomic mass is 10.0. The Morgan fingerprint density at radius 2 is 2.06 bits per heavy atom. The van der Waals surface area contributed by atoms with Crippen LogP contribution in [0.25, 0.3) is 0 Å². The van der Waals surface area contributed by atoms with Gasteiger partial charge in [-0.1, -0.05) is 18.2 Å². The number of nitrogens with one attached hydrogen (secondary N) is 1. The molecule has 1 amide bonds. The molecule has 0 radical (unpaired) electrons. The van der Waals surface area contributed by atoms with E-state index >= 15 is 0 Å². The normalized spacial score (nSPS) is 23.2. The minimum absolute atomic E-state index is 0.127. The molecule has 1 fully saturated rings. The number of hydrogen-bond acceptors (Lipinski definition) is 2. The fourth-order valence-electron chi connectivity index (χ4n) is 2.31. The summed E-state index contributed by atoms with van der Waals surface area (Å²) in [4.78, 5) is 11.8. The van der Waals surface area contributed by atoms with E-state index in [0.29, 0.717) is 0 Å². The molecule has 1 heterocycles. The summed E-state index contributed by atoms with van der Waals surface area (Å²) in [5, 5.41) is 3.16. The molecule has 1 N–H and O–H groups in total. The van der Waals surface area contributed by atoms with Gasteiger partial charge in [0.05, 0.1) is 12.6 Å². The highest BCUT2D eigenvalue weighted by Crippen LogP contribution is 2.34. The van der Waals surface area contributed by atoms with Crippen LogP contribution in [-0.4, -0.2) is 12.5 Å². The summed E-state index contributed by atoms with van der Waals surface area (Å²) in [5.41, 5.74) is 1.12. The van der Waals surface area contributed by atoms with Gasteiger partial charge in [0.25, 0.3) is 0 Å². The monoisotopic (exact) mass is 231 g/mol. The van der Waals surface area contributed by atoms with Crippen LogP contribution in [0.3, 0.4) is 0 Å². The van der Waals surface area contributed by atoms with E-state index in [1.54, 1.807) is 0 Å². The van der Waals surface area contributed by atoms with E-state index < -0.39 is 0 Å². The summed E-state index contributed by atoms with van der Waals surface area (Å²) < 4.78 is 5.69. The SMILES string of the molecule is O=C(NC1CCCOc2ccccc21)C1CC1. The molecule has 1 saturated carbocycles. The van der Waals surface area contributed by atoms with Crippen molar-refractivity contribution < 1.29 is 9.53 Å². The van der Waals surface area contributed by atoms with Crippen molar-refractivity contribution in [2.75, 3.05) is 6.61 Å². The van der Waals surface area contributed by atoms with Crippen LogP contribution < -0.4 is 10.1 Å². The van der Waals surface area contributed by atoms with Crippen molar-refractivity contribution in [3.63, 3.8) is 0 Å². The van der Waals surface area contributed by atoms with E-state index in [2.05, 4.69) is 11.4 Å². The van der Waals surface area contributed by atoms with Gasteiger partial charge >= 0.3 is 0 Å². The zero-order valence-corrected chi connectivity index (χ0v) is 9.82. The topological polar surface area (TPSA) is 38.3 Å². The minimum Gasteiger partial charge on any atom is -0.493 e. The molecular weight excluding hydrogens is 214 g/mol. The van der Waals surface area contributed by atoms with Crippen LogP contribution in [0.2, 0.25) is 0 Å². The molecule has 3 nitrogen and oxygen atoms in total. The molecule has 1 atom stereocenters. The average molecular weight is 231 g/mol. The molecular formula is C14H17NO2. The largest absolute Gasteiger partial charge is 0.493 e. The Kier molecular flexibility index (Phi) is 2.75. The van der Waals surface area contributed by atoms with E-state index in [4.69, 9.17) is 4.74 Å². The third-order valence-electron chi connectivity index (χ3n) is 3.45. The van der Waals surface area contributed by atoms with Gasteiger partial charge in [0.2, 0.25) is 5.91 Å². The van der Waals surface area contributed by atoms with Gasteiger partial charge < -0.3 is 10.1 Å². The van der Waals surface area contributed by atoms with Crippen LogP contribution in [0.15, 0.2) is 24.3 Å². The minimum atomic E-state index is 0.127. The van der Waals surface area contributed by atoms with Gasteiger partial charge in [-0.15, -0.1) is 0 Å². The Labute approximate surface area is 101 Å². The quantitative estimate of drug-likeness (QED) is 0.849. The van der Waals surface area contributed by atoms with Gasteiger partial charge in [-0.2, -0.15) is 0 Å². The lowest BCUT2D eigenvalue weighted by Gasteiger charge is -2.18. The molecule has 3 rings (SSSR count). The van der Waals surface area contributed by atoms with Crippen molar-refractivity contribution in [3.8, 4) is 5.75 Å². The van der Waals surface area contributed by atoms with Crippen LogP contribution in [0.5, 0.6) is 5.75 Å². The lowest BCUT2D eigenvalue weighted by Crippen LogP contribution is -2.29. The number of amides is 1. The first kappa shape index (κ1) is 10.6. The van der Waals surface area contributed by atoms with E-state index in [9.17, 15) is 4.79 Å². The van der Waals surface area contributed by atoms with Crippen molar-refractivity contribution in [1.29, 1.82) is 0 Å². The van der Waals surface area contributed by atoms with E-state index in [1.807, 2.05) is 18.2 Å². The zero-order chi connectivity index (χ0) is 11.7. The molecule has 1 aliphatic heterocycles. The molecule has 3 heteroatoms. The van der Waals surface area contributed by atoms with E-state index in [0.717, 1.165) is 43.6 Å². The van der Waals surface area contributed by atoms with Crippen LogP contribution in [0.4, 0.5) is 0 Å². The third kappa shape index (κ3) is 2.28. The predicted molar refractivity (Wildman–Crippen MR) is 64.8 cm³/mol. The smallest absolute Gasteiger partial charge is 0.223 e. The Bertz CT molecular complexity index is 426. The fraction of sp³-hybridized carbons (Fsp3) is 0.500. The second-order valence-electron chi connectivity index (χ2n) is 4.86. The van der Waals surface area contributed by atoms with Crippen LogP contribution in [0, 0.1) is 5.92 Å². The maximum Gasteiger partial charge on any atom is 0.223 e. The molecule has 2 aliphatic rings. The first-order chi connectivity index (χ1) is 8.34. The molecule has 17 heavy (non-hydrogen) atoms. The summed E-state index contributed by atoms with van der Waals surface area (Å²) in [6, 6.07) is 8.14. The molecule has 1 unspecified atom stereocenters. The second kappa shape index (κ2) is 4.40. The Morgan fingerprint density at radius 1 is 1.24 bits per heavy atom. The van der Waals surface area contributed by atoms with Crippen molar-refractivity contribution in [3.05, 3.63) is 29.8 Å². The summed E-state index contributed by atoms with van der Waals surface area (Å²) in [7, 11) is 0. The number of rotatable bonds is 2. The van der Waals surface area contributed by atoms with Crippen molar-refractivity contribution in [1.82, 2.24) is 5.32 Å². The number of para-hydroxylation sites is 1. The third-order valence-corrected chi connectivity index (χ3v) is 3.45. The number of carbonyl (C=O) groups is 1. The Hall–Kier alpha value is -1.51. The number of benzene rings is 1. The molecule has 1 aliphatic carbocycles. The number of hydrogen-bond donors (Lipinski definition) is 1. The van der Waals surface area contributed by atoms with Gasteiger partial charge in [0.1, 0.15) is 5.75 Å². The molecule has 0 bridgehead atoms. The highest BCUT2D eigenvalue weighted by Gasteiger charge is 2.32. The highest BCUT2D eigenvalue weighted by molar-refractivity contribution is 5.81. The molecule has 0 spiro atoms. The summed E-state index contributed by atoms with van der Waals surface area (Å²) in [6.07, 6.45) is 4.06. The van der Waals surface area contributed by atoms with E-state index in [-0.39, 0.29) is 17.9 Å². The molecule has 1 aromatic rings. The molecule has 90 valence electrons. The fourth-order valence-corrected chi connectivity index (χ4v) is 2.31. The molecule has 0 saturated heterocycles. The number of fused-ring (bicyclic) bond motifs is 1. The van der Waals surface area contributed by atoms with Gasteiger partial charge in [0, 0.05) is 11.5 Å². The lowest BCUT2D eigenvalue weighted by molar-refractivity contribution is -0.123. The van der Waals surface area contributed by atoms with Gasteiger partial charge in [0.15, 0.2) is 0 Å². The standard InChI is InChI=1S/C14H17NO2/c16-14(10-7-8-10)15-12-5-3-9-17-13-6-2-1-4-11(12)13/h1-2,4,6,10,12H,3,5,7-9H2,(H,15,16). The van der Waals surface area contributed by atoms with Gasteiger partial charge in [-0.3, -0.25) is 4.79 Å². The summed E-state index contributed by atoms with van der Waals surface area (Å²) in [6.45, 7) is 0.743. The summed E-state index contributed by atoms with van der Waals surface area (Å²) >= 11 is 0.